The van der Waals surface area contributed by atoms with Crippen LogP contribution in [0.4, 0.5) is 0 Å². The summed E-state index contributed by atoms with van der Waals surface area (Å²) in [5.74, 6) is 0. The summed E-state index contributed by atoms with van der Waals surface area (Å²) in [7, 11) is -2.56. The van der Waals surface area contributed by atoms with Gasteiger partial charge in [-0.1, -0.05) is 0 Å². The van der Waals surface area contributed by atoms with E-state index in [2.05, 4.69) is 15.4 Å². The summed E-state index contributed by atoms with van der Waals surface area (Å²) in [6.07, 6.45) is 2.56. The van der Waals surface area contributed by atoms with Crippen LogP contribution in [-0.2, 0) is 29.2 Å². The van der Waals surface area contributed by atoms with Gasteiger partial charge in [0.1, 0.15) is 0 Å². The molecular formula is C5H11NaO4S2. The summed E-state index contributed by atoms with van der Waals surface area (Å²) in [4.78, 5) is 0. The minimum atomic E-state index is -3.58. The molecule has 1 fully saturated rings. The third-order valence-corrected chi connectivity index (χ3v) is 1.85. The molecule has 7 heteroatoms. The van der Waals surface area contributed by atoms with Crippen LogP contribution in [0.5, 0.6) is 0 Å². The third kappa shape index (κ3) is 13.8. The zero-order chi connectivity index (χ0) is 8.74. The van der Waals surface area contributed by atoms with Crippen molar-refractivity contribution in [2.24, 2.45) is 0 Å². The second-order valence-electron chi connectivity index (χ2n) is 1.89. The topological polar surface area (TPSA) is 58.6 Å². The number of ether oxygens (including phenoxy) is 1. The van der Waals surface area contributed by atoms with Gasteiger partial charge in [-0.15, -0.1) is 0 Å². The normalized spacial score (nSPS) is 19.8. The van der Waals surface area contributed by atoms with Gasteiger partial charge >= 0.3 is 29.6 Å². The van der Waals surface area contributed by atoms with Crippen molar-refractivity contribution in [1.82, 2.24) is 0 Å². The molecule has 68 valence electrons. The van der Waals surface area contributed by atoms with Crippen molar-refractivity contribution in [2.45, 2.75) is 12.8 Å². The first-order valence-electron chi connectivity index (χ1n) is 3.15. The van der Waals surface area contributed by atoms with Gasteiger partial charge in [0, 0.05) is 13.2 Å². The van der Waals surface area contributed by atoms with Gasteiger partial charge < -0.3 is 13.5 Å². The van der Waals surface area contributed by atoms with Gasteiger partial charge in [-0.25, -0.2) is 4.21 Å². The molecule has 0 saturated carbocycles. The summed E-state index contributed by atoms with van der Waals surface area (Å²) in [6.45, 7) is 2.00. The smallest absolute Gasteiger partial charge is 0.748 e. The molecule has 0 aromatic rings. The van der Waals surface area contributed by atoms with Crippen molar-refractivity contribution in [3.05, 3.63) is 0 Å². The fraction of sp³-hybridized carbons (Fsp3) is 1.00. The Hall–Kier alpha value is 1.25. The standard InChI is InChI=1S/C4H8O.CH4O3S2.Na/c1-2-4-5-3-1;1-4-6(2,3)5;/h1-4H2;1H3,(H,2,3,5);/q;;+1/p-1. The van der Waals surface area contributed by atoms with Gasteiger partial charge in [-0.3, -0.25) is 0 Å². The molecule has 0 aliphatic carbocycles. The molecule has 1 unspecified atom stereocenters. The summed E-state index contributed by atoms with van der Waals surface area (Å²) >= 11 is 3.74. The maximum atomic E-state index is 9.59. The van der Waals surface area contributed by atoms with Crippen LogP contribution in [-0.4, -0.2) is 29.1 Å². The Bertz CT molecular complexity index is 168. The van der Waals surface area contributed by atoms with E-state index in [1.165, 1.54) is 12.8 Å². The summed E-state index contributed by atoms with van der Waals surface area (Å²) in [5.41, 5.74) is 0. The second-order valence-corrected chi connectivity index (χ2v) is 4.27. The van der Waals surface area contributed by atoms with Crippen LogP contribution in [0.15, 0.2) is 0 Å². The van der Waals surface area contributed by atoms with Crippen LogP contribution < -0.4 is 29.6 Å². The Morgan fingerprint density at radius 2 is 1.83 bits per heavy atom. The van der Waals surface area contributed by atoms with E-state index in [4.69, 9.17) is 4.74 Å². The van der Waals surface area contributed by atoms with Crippen molar-refractivity contribution in [2.75, 3.05) is 20.3 Å². The minimum Gasteiger partial charge on any atom is -0.748 e. The van der Waals surface area contributed by atoms with Crippen molar-refractivity contribution < 1.29 is 47.2 Å². The molecule has 0 aromatic heterocycles. The van der Waals surface area contributed by atoms with Crippen LogP contribution in [0.2, 0.25) is 0 Å². The number of hydrogen-bond donors (Lipinski definition) is 0. The third-order valence-electron chi connectivity index (χ3n) is 1.03. The predicted molar refractivity (Wildman–Crippen MR) is 43.3 cm³/mol. The molecule has 0 N–H and O–H groups in total. The van der Waals surface area contributed by atoms with E-state index in [0.717, 1.165) is 20.3 Å². The zero-order valence-electron chi connectivity index (χ0n) is 7.28. The Balaban J connectivity index is 0. The molecule has 1 saturated heterocycles. The Kier molecular flexibility index (Phi) is 11.6. The number of rotatable bonds is 1. The molecule has 1 atom stereocenters. The quantitative estimate of drug-likeness (QED) is 0.449. The van der Waals surface area contributed by atoms with Gasteiger partial charge in [0.2, 0.25) is 0 Å². The van der Waals surface area contributed by atoms with Crippen molar-refractivity contribution in [3.63, 3.8) is 0 Å². The first-order valence-corrected chi connectivity index (χ1v) is 5.49. The van der Waals surface area contributed by atoms with Gasteiger partial charge in [0.15, 0.2) is 0 Å². The molecule has 4 nitrogen and oxygen atoms in total. The van der Waals surface area contributed by atoms with Gasteiger partial charge in [-0.2, -0.15) is 0 Å². The molecule has 12 heavy (non-hydrogen) atoms. The molecule has 1 rings (SSSR count). The summed E-state index contributed by atoms with van der Waals surface area (Å²) in [5, 5.41) is 0. The van der Waals surface area contributed by atoms with Crippen LogP contribution in [0.3, 0.4) is 0 Å². The first kappa shape index (κ1) is 15.7. The second kappa shape index (κ2) is 8.83. The SMILES string of the molecule is C1CCOC1.COS(=O)([O-])=S.[Na+]. The van der Waals surface area contributed by atoms with E-state index in [1.54, 1.807) is 0 Å². The van der Waals surface area contributed by atoms with Gasteiger partial charge in [-0.05, 0) is 24.0 Å². The van der Waals surface area contributed by atoms with Crippen LogP contribution in [0.25, 0.3) is 0 Å². The largest absolute Gasteiger partial charge is 1.00 e. The maximum Gasteiger partial charge on any atom is 1.00 e. The van der Waals surface area contributed by atoms with Crippen molar-refractivity contribution in [1.29, 1.82) is 0 Å². The van der Waals surface area contributed by atoms with Gasteiger partial charge in [0.05, 0.1) is 16.2 Å². The zero-order valence-corrected chi connectivity index (χ0v) is 10.9. The van der Waals surface area contributed by atoms with E-state index in [1.807, 2.05) is 0 Å². The average Bonchev–Trinajstić information content (AvgIpc) is 2.41. The fourth-order valence-electron chi connectivity index (χ4n) is 0.510. The molecule has 0 amide bonds. The fourth-order valence-corrected chi connectivity index (χ4v) is 0.510. The predicted octanol–water partition coefficient (Wildman–Crippen LogP) is -2.77. The average molecular weight is 222 g/mol. The number of hydrogen-bond acceptors (Lipinski definition) is 5. The molecule has 0 spiro atoms. The first-order chi connectivity index (χ1) is 5.06. The molecule has 0 aromatic carbocycles. The minimum absolute atomic E-state index is 0. The molecule has 0 bridgehead atoms. The van der Waals surface area contributed by atoms with Gasteiger partial charge in [0.25, 0.3) is 0 Å². The molecule has 1 heterocycles. The molecule has 1 aliphatic rings. The van der Waals surface area contributed by atoms with E-state index in [-0.39, 0.29) is 29.6 Å². The van der Waals surface area contributed by atoms with E-state index < -0.39 is 9.05 Å². The molecule has 1 aliphatic heterocycles. The van der Waals surface area contributed by atoms with E-state index >= 15 is 0 Å². The monoisotopic (exact) mass is 222 g/mol. The summed E-state index contributed by atoms with van der Waals surface area (Å²) < 4.78 is 27.9. The Morgan fingerprint density at radius 3 is 1.92 bits per heavy atom. The Labute approximate surface area is 100 Å². The van der Waals surface area contributed by atoms with E-state index in [0.29, 0.717) is 0 Å². The Morgan fingerprint density at radius 1 is 1.50 bits per heavy atom. The van der Waals surface area contributed by atoms with E-state index in [9.17, 15) is 8.76 Å². The molecule has 0 radical (unpaired) electrons. The maximum absolute atomic E-state index is 9.59. The van der Waals surface area contributed by atoms with Crippen LogP contribution >= 0.6 is 0 Å². The van der Waals surface area contributed by atoms with Crippen LogP contribution in [0, 0.1) is 0 Å². The summed E-state index contributed by atoms with van der Waals surface area (Å²) in [6, 6.07) is 0. The van der Waals surface area contributed by atoms with Crippen LogP contribution in [0.1, 0.15) is 12.8 Å². The van der Waals surface area contributed by atoms with Crippen molar-refractivity contribution in [3.8, 4) is 0 Å². The molecular weight excluding hydrogens is 211 g/mol. The van der Waals surface area contributed by atoms with Crippen molar-refractivity contribution >= 4 is 20.2 Å².